The fourth-order valence-electron chi connectivity index (χ4n) is 2.24. The third kappa shape index (κ3) is 1.53. The van der Waals surface area contributed by atoms with Crippen LogP contribution in [0.1, 0.15) is 5.89 Å². The first-order valence-corrected chi connectivity index (χ1v) is 6.02. The van der Waals surface area contributed by atoms with E-state index in [9.17, 15) is 0 Å². The zero-order valence-corrected chi connectivity index (χ0v) is 10.3. The number of oxazole rings is 1. The maximum atomic E-state index is 5.68. The Kier molecular flexibility index (Phi) is 2.00. The first kappa shape index (κ1) is 10.3. The minimum Gasteiger partial charge on any atom is -0.424 e. The normalized spacial score (nSPS) is 11.4. The third-order valence-corrected chi connectivity index (χ3v) is 3.10. The van der Waals surface area contributed by atoms with Crippen molar-refractivity contribution >= 4 is 22.3 Å². The maximum absolute atomic E-state index is 5.68. The molecule has 0 radical (unpaired) electrons. The summed E-state index contributed by atoms with van der Waals surface area (Å²) in [5.41, 5.74) is 3.48. The van der Waals surface area contributed by atoms with Crippen molar-refractivity contribution in [3.8, 4) is 11.3 Å². The first-order chi connectivity index (χ1) is 9.31. The van der Waals surface area contributed by atoms with Gasteiger partial charge in [0.25, 0.3) is 0 Å². The lowest BCUT2D eigenvalue weighted by atomic mass is 10.1. The number of pyridine rings is 1. The quantitative estimate of drug-likeness (QED) is 0.513. The molecule has 3 heterocycles. The predicted molar refractivity (Wildman–Crippen MR) is 71.7 cm³/mol. The van der Waals surface area contributed by atoms with Crippen LogP contribution in [0.3, 0.4) is 0 Å². The monoisotopic (exact) mass is 250 g/mol. The van der Waals surface area contributed by atoms with Gasteiger partial charge in [0.1, 0.15) is 5.58 Å². The van der Waals surface area contributed by atoms with Crippen LogP contribution in [0.2, 0.25) is 0 Å². The molecule has 92 valence electrons. The largest absolute Gasteiger partial charge is 0.424 e. The summed E-state index contributed by atoms with van der Waals surface area (Å²) >= 11 is 0. The Hall–Kier alpha value is -2.62. The number of benzene rings is 1. The molecule has 0 fully saturated rings. The van der Waals surface area contributed by atoms with Crippen LogP contribution in [0.25, 0.3) is 33.5 Å². The van der Waals surface area contributed by atoms with Gasteiger partial charge in [-0.05, 0) is 24.3 Å². The Labute approximate surface area is 108 Å². The van der Waals surface area contributed by atoms with Gasteiger partial charge >= 0.3 is 5.78 Å². The lowest BCUT2D eigenvalue weighted by Crippen LogP contribution is -1.81. The van der Waals surface area contributed by atoms with Crippen molar-refractivity contribution in [3.05, 3.63) is 48.5 Å². The van der Waals surface area contributed by atoms with E-state index >= 15 is 0 Å². The Balaban J connectivity index is 1.97. The zero-order chi connectivity index (χ0) is 12.8. The van der Waals surface area contributed by atoms with Crippen molar-refractivity contribution in [1.29, 1.82) is 0 Å². The Bertz CT molecular complexity index is 875. The number of furan rings is 1. The lowest BCUT2D eigenvalue weighted by molar-refractivity contribution is 0.473. The first-order valence-electron chi connectivity index (χ1n) is 6.02. The smallest absolute Gasteiger partial charge is 0.319 e. The highest BCUT2D eigenvalue weighted by Gasteiger charge is 2.13. The standard InChI is InChI=1S/C15H10N2O2/c1-9-17-14-11-6-5-10(12-4-2-3-7-16-12)8-13(11)19-15(14)18-9/h2-8H,1H3. The highest BCUT2D eigenvalue weighted by atomic mass is 16.5. The molecule has 0 aliphatic carbocycles. The van der Waals surface area contributed by atoms with E-state index in [4.69, 9.17) is 8.83 Å². The van der Waals surface area contributed by atoms with Gasteiger partial charge in [-0.1, -0.05) is 12.1 Å². The van der Waals surface area contributed by atoms with Crippen molar-refractivity contribution in [2.45, 2.75) is 6.92 Å². The molecule has 0 atom stereocenters. The molecule has 0 bridgehead atoms. The van der Waals surface area contributed by atoms with Gasteiger partial charge in [0.15, 0.2) is 11.4 Å². The second kappa shape index (κ2) is 3.68. The Morgan fingerprint density at radius 1 is 1.05 bits per heavy atom. The maximum Gasteiger partial charge on any atom is 0.319 e. The molecule has 4 heteroatoms. The van der Waals surface area contributed by atoms with Crippen molar-refractivity contribution in [2.75, 3.05) is 0 Å². The molecule has 0 unspecified atom stereocenters. The number of aryl methyl sites for hydroxylation is 1. The molecule has 0 aliphatic heterocycles. The summed E-state index contributed by atoms with van der Waals surface area (Å²) in [4.78, 5) is 8.66. The molecule has 4 nitrogen and oxygen atoms in total. The fourth-order valence-corrected chi connectivity index (χ4v) is 2.24. The fraction of sp³-hybridized carbons (Fsp3) is 0.0667. The molecule has 0 aliphatic rings. The molecular weight excluding hydrogens is 240 g/mol. The number of rotatable bonds is 1. The molecule has 0 saturated heterocycles. The molecule has 1 aromatic carbocycles. The number of nitrogens with zero attached hydrogens (tertiary/aromatic N) is 2. The van der Waals surface area contributed by atoms with E-state index in [1.165, 1.54) is 0 Å². The number of hydrogen-bond donors (Lipinski definition) is 0. The van der Waals surface area contributed by atoms with Crippen LogP contribution in [0, 0.1) is 6.92 Å². The van der Waals surface area contributed by atoms with Crippen molar-refractivity contribution in [3.63, 3.8) is 0 Å². The Morgan fingerprint density at radius 2 is 2.00 bits per heavy atom. The number of aromatic nitrogens is 2. The van der Waals surface area contributed by atoms with E-state index in [1.54, 1.807) is 6.20 Å². The molecule has 0 spiro atoms. The van der Waals surface area contributed by atoms with Gasteiger partial charge in [0, 0.05) is 18.7 Å². The highest BCUT2D eigenvalue weighted by molar-refractivity contribution is 6.01. The minimum absolute atomic E-state index is 0.477. The zero-order valence-electron chi connectivity index (χ0n) is 10.3. The minimum atomic E-state index is 0.477. The van der Waals surface area contributed by atoms with Crippen molar-refractivity contribution in [2.24, 2.45) is 0 Å². The second-order valence-corrected chi connectivity index (χ2v) is 4.40. The summed E-state index contributed by atoms with van der Waals surface area (Å²) in [6, 6.07) is 11.8. The molecule has 0 N–H and O–H groups in total. The average molecular weight is 250 g/mol. The van der Waals surface area contributed by atoms with E-state index in [1.807, 2.05) is 43.3 Å². The second-order valence-electron chi connectivity index (χ2n) is 4.40. The molecule has 0 amide bonds. The average Bonchev–Trinajstić information content (AvgIpc) is 2.95. The summed E-state index contributed by atoms with van der Waals surface area (Å²) < 4.78 is 11.1. The molecular formula is C15H10N2O2. The highest BCUT2D eigenvalue weighted by Crippen LogP contribution is 2.31. The van der Waals surface area contributed by atoms with E-state index in [0.29, 0.717) is 11.7 Å². The molecule has 4 aromatic rings. The van der Waals surface area contributed by atoms with Gasteiger partial charge in [-0.25, -0.2) is 4.98 Å². The molecule has 3 aromatic heterocycles. The van der Waals surface area contributed by atoms with E-state index in [0.717, 1.165) is 27.7 Å². The summed E-state index contributed by atoms with van der Waals surface area (Å²) in [5.74, 6) is 1.09. The molecule has 19 heavy (non-hydrogen) atoms. The van der Waals surface area contributed by atoms with E-state index in [-0.39, 0.29) is 0 Å². The third-order valence-electron chi connectivity index (χ3n) is 3.10. The summed E-state index contributed by atoms with van der Waals surface area (Å²) in [6.07, 6.45) is 1.78. The summed E-state index contributed by atoms with van der Waals surface area (Å²) in [6.45, 7) is 1.81. The van der Waals surface area contributed by atoms with Crippen LogP contribution in [-0.2, 0) is 0 Å². The van der Waals surface area contributed by atoms with Crippen LogP contribution >= 0.6 is 0 Å². The van der Waals surface area contributed by atoms with Crippen LogP contribution < -0.4 is 0 Å². The van der Waals surface area contributed by atoms with Gasteiger partial charge in [0.2, 0.25) is 0 Å². The molecule has 0 saturated carbocycles. The van der Waals surface area contributed by atoms with E-state index in [2.05, 4.69) is 9.97 Å². The Morgan fingerprint density at radius 3 is 2.84 bits per heavy atom. The summed E-state index contributed by atoms with van der Waals surface area (Å²) in [7, 11) is 0. The van der Waals surface area contributed by atoms with Crippen LogP contribution in [-0.4, -0.2) is 9.97 Å². The van der Waals surface area contributed by atoms with Gasteiger partial charge in [-0.2, -0.15) is 0 Å². The number of fused-ring (bicyclic) bond motifs is 3. The topological polar surface area (TPSA) is 52.1 Å². The predicted octanol–water partition coefficient (Wildman–Crippen LogP) is 3.94. The lowest BCUT2D eigenvalue weighted by Gasteiger charge is -1.99. The van der Waals surface area contributed by atoms with Gasteiger partial charge in [-0.3, -0.25) is 4.98 Å². The van der Waals surface area contributed by atoms with Crippen molar-refractivity contribution < 1.29 is 8.83 Å². The van der Waals surface area contributed by atoms with Gasteiger partial charge in [-0.15, -0.1) is 0 Å². The van der Waals surface area contributed by atoms with Gasteiger partial charge in [0.05, 0.1) is 11.1 Å². The summed E-state index contributed by atoms with van der Waals surface area (Å²) in [5, 5.41) is 0.964. The number of hydrogen-bond acceptors (Lipinski definition) is 4. The van der Waals surface area contributed by atoms with Crippen LogP contribution in [0.5, 0.6) is 0 Å². The SMILES string of the molecule is Cc1nc2c(o1)oc1cc(-c3ccccn3)ccc12. The molecule has 4 rings (SSSR count). The van der Waals surface area contributed by atoms with Crippen LogP contribution in [0.15, 0.2) is 51.4 Å². The van der Waals surface area contributed by atoms with Crippen LogP contribution in [0.4, 0.5) is 0 Å². The van der Waals surface area contributed by atoms with Gasteiger partial charge < -0.3 is 8.83 Å². The van der Waals surface area contributed by atoms with E-state index < -0.39 is 0 Å². The van der Waals surface area contributed by atoms with Crippen molar-refractivity contribution in [1.82, 2.24) is 9.97 Å².